The molecule has 0 radical (unpaired) electrons. The second kappa shape index (κ2) is 7.26. The number of fused-ring (bicyclic) bond motifs is 1. The van der Waals surface area contributed by atoms with Gasteiger partial charge in [0.15, 0.2) is 0 Å². The van der Waals surface area contributed by atoms with Crippen LogP contribution in [0.4, 0.5) is 5.69 Å². The van der Waals surface area contributed by atoms with Crippen LogP contribution in [0, 0.1) is 11.3 Å². The Labute approximate surface area is 167 Å². The zero-order chi connectivity index (χ0) is 20.4. The Morgan fingerprint density at radius 2 is 1.97 bits per heavy atom. The van der Waals surface area contributed by atoms with Crippen molar-refractivity contribution in [3.63, 3.8) is 0 Å². The summed E-state index contributed by atoms with van der Waals surface area (Å²) in [6, 6.07) is 14.5. The van der Waals surface area contributed by atoms with E-state index < -0.39 is 10.0 Å². The van der Waals surface area contributed by atoms with E-state index in [1.807, 2.05) is 18.5 Å². The highest BCUT2D eigenvalue weighted by Crippen LogP contribution is 2.32. The molecule has 2 aromatic heterocycles. The van der Waals surface area contributed by atoms with Crippen molar-refractivity contribution in [1.82, 2.24) is 14.4 Å². The summed E-state index contributed by atoms with van der Waals surface area (Å²) in [4.78, 5) is 8.69. The zero-order valence-electron chi connectivity index (χ0n) is 15.3. The second-order valence-corrected chi connectivity index (χ2v) is 7.79. The summed E-state index contributed by atoms with van der Waals surface area (Å²) in [5.41, 5.74) is 2.00. The minimum Gasteiger partial charge on any atom is -0.495 e. The lowest BCUT2D eigenvalue weighted by Gasteiger charge is -2.13. The molecule has 9 heteroatoms. The van der Waals surface area contributed by atoms with Gasteiger partial charge in [0.25, 0.3) is 10.0 Å². The van der Waals surface area contributed by atoms with Gasteiger partial charge in [-0.2, -0.15) is 5.26 Å². The molecule has 2 heterocycles. The SMILES string of the molecule is COc1ccc(-c2cn3cccnc3n2)cc1NS(=O)(=O)c1ccc(C#N)cc1. The summed E-state index contributed by atoms with van der Waals surface area (Å²) < 4.78 is 35.2. The minimum atomic E-state index is -3.87. The minimum absolute atomic E-state index is 0.0425. The third kappa shape index (κ3) is 3.61. The van der Waals surface area contributed by atoms with Gasteiger partial charge in [0, 0.05) is 24.2 Å². The molecule has 144 valence electrons. The molecular weight excluding hydrogens is 390 g/mol. The van der Waals surface area contributed by atoms with Crippen LogP contribution in [0.3, 0.4) is 0 Å². The van der Waals surface area contributed by atoms with Gasteiger partial charge in [0.1, 0.15) is 5.75 Å². The van der Waals surface area contributed by atoms with Gasteiger partial charge >= 0.3 is 0 Å². The van der Waals surface area contributed by atoms with Gasteiger partial charge < -0.3 is 4.74 Å². The lowest BCUT2D eigenvalue weighted by molar-refractivity contribution is 0.417. The Hall–Kier alpha value is -3.90. The molecule has 0 amide bonds. The molecule has 0 saturated heterocycles. The highest BCUT2D eigenvalue weighted by molar-refractivity contribution is 7.92. The second-order valence-electron chi connectivity index (χ2n) is 6.11. The summed E-state index contributed by atoms with van der Waals surface area (Å²) in [6.07, 6.45) is 5.29. The average molecular weight is 405 g/mol. The fraction of sp³-hybridized carbons (Fsp3) is 0.0500. The molecule has 4 rings (SSSR count). The van der Waals surface area contributed by atoms with Crippen LogP contribution < -0.4 is 9.46 Å². The molecule has 0 aliphatic carbocycles. The first-order valence-electron chi connectivity index (χ1n) is 8.51. The zero-order valence-corrected chi connectivity index (χ0v) is 16.1. The van der Waals surface area contributed by atoms with Crippen LogP contribution in [0.2, 0.25) is 0 Å². The summed E-state index contributed by atoms with van der Waals surface area (Å²) in [6.45, 7) is 0. The fourth-order valence-corrected chi connectivity index (χ4v) is 3.89. The Bertz CT molecular complexity index is 1310. The number of nitrogens with one attached hydrogen (secondary N) is 1. The molecule has 0 spiro atoms. The van der Waals surface area contributed by atoms with E-state index in [1.54, 1.807) is 34.9 Å². The summed E-state index contributed by atoms with van der Waals surface area (Å²) in [5.74, 6) is 0.908. The molecule has 0 atom stereocenters. The van der Waals surface area contributed by atoms with Crippen molar-refractivity contribution in [2.75, 3.05) is 11.8 Å². The van der Waals surface area contributed by atoms with Crippen molar-refractivity contribution >= 4 is 21.5 Å². The van der Waals surface area contributed by atoms with E-state index in [0.717, 1.165) is 0 Å². The average Bonchev–Trinajstić information content (AvgIpc) is 3.18. The van der Waals surface area contributed by atoms with Crippen LogP contribution in [-0.2, 0) is 10.0 Å². The maximum Gasteiger partial charge on any atom is 0.262 e. The highest BCUT2D eigenvalue weighted by Gasteiger charge is 2.18. The molecule has 0 unspecified atom stereocenters. The topological polar surface area (TPSA) is 109 Å². The Balaban J connectivity index is 1.72. The van der Waals surface area contributed by atoms with Crippen LogP contribution >= 0.6 is 0 Å². The summed E-state index contributed by atoms with van der Waals surface area (Å²) >= 11 is 0. The van der Waals surface area contributed by atoms with Crippen LogP contribution in [0.25, 0.3) is 17.0 Å². The number of anilines is 1. The van der Waals surface area contributed by atoms with Gasteiger partial charge in [-0.3, -0.25) is 9.12 Å². The van der Waals surface area contributed by atoms with E-state index in [2.05, 4.69) is 14.7 Å². The summed E-state index contributed by atoms with van der Waals surface area (Å²) in [5, 5.41) is 8.88. The predicted molar refractivity (Wildman–Crippen MR) is 107 cm³/mol. The normalized spacial score (nSPS) is 11.2. The highest BCUT2D eigenvalue weighted by atomic mass is 32.2. The van der Waals surface area contributed by atoms with E-state index in [-0.39, 0.29) is 10.6 Å². The number of benzene rings is 2. The standard InChI is InChI=1S/C20H15N5O3S/c1-28-19-8-5-15(18-13-25-10-2-9-22-20(25)23-18)11-17(19)24-29(26,27)16-6-3-14(12-21)4-7-16/h2-11,13,24H,1H3. The van der Waals surface area contributed by atoms with Gasteiger partial charge in [-0.25, -0.2) is 18.4 Å². The van der Waals surface area contributed by atoms with Crippen molar-refractivity contribution < 1.29 is 13.2 Å². The van der Waals surface area contributed by atoms with E-state index in [1.165, 1.54) is 31.4 Å². The monoisotopic (exact) mass is 405 g/mol. The molecule has 0 bridgehead atoms. The summed E-state index contributed by atoms with van der Waals surface area (Å²) in [7, 11) is -2.41. The van der Waals surface area contributed by atoms with Gasteiger partial charge in [0.2, 0.25) is 5.78 Å². The number of nitriles is 1. The third-order valence-electron chi connectivity index (χ3n) is 4.27. The van der Waals surface area contributed by atoms with E-state index in [4.69, 9.17) is 10.00 Å². The number of nitrogens with zero attached hydrogens (tertiary/aromatic N) is 4. The van der Waals surface area contributed by atoms with Crippen molar-refractivity contribution in [2.45, 2.75) is 4.90 Å². The largest absolute Gasteiger partial charge is 0.495 e. The van der Waals surface area contributed by atoms with Gasteiger partial charge in [-0.05, 0) is 48.5 Å². The van der Waals surface area contributed by atoms with Crippen LogP contribution in [0.1, 0.15) is 5.56 Å². The van der Waals surface area contributed by atoms with Gasteiger partial charge in [-0.15, -0.1) is 0 Å². The number of methoxy groups -OCH3 is 1. The van der Waals surface area contributed by atoms with E-state index >= 15 is 0 Å². The number of hydrogen-bond acceptors (Lipinski definition) is 6. The van der Waals surface area contributed by atoms with Crippen molar-refractivity contribution in [3.05, 3.63) is 72.7 Å². The molecule has 4 aromatic rings. The molecule has 0 aliphatic rings. The molecule has 2 aromatic carbocycles. The van der Waals surface area contributed by atoms with Crippen molar-refractivity contribution in [2.24, 2.45) is 0 Å². The smallest absolute Gasteiger partial charge is 0.262 e. The molecule has 0 aliphatic heterocycles. The number of hydrogen-bond donors (Lipinski definition) is 1. The molecule has 0 saturated carbocycles. The number of imidazole rings is 1. The third-order valence-corrected chi connectivity index (χ3v) is 5.65. The molecule has 29 heavy (non-hydrogen) atoms. The fourth-order valence-electron chi connectivity index (χ4n) is 2.83. The lowest BCUT2D eigenvalue weighted by Crippen LogP contribution is -2.13. The Morgan fingerprint density at radius 3 is 2.66 bits per heavy atom. The maximum atomic E-state index is 12.8. The first-order valence-corrected chi connectivity index (χ1v) is 9.99. The number of rotatable bonds is 5. The quantitative estimate of drug-likeness (QED) is 0.546. The van der Waals surface area contributed by atoms with Crippen LogP contribution in [0.15, 0.2) is 72.0 Å². The van der Waals surface area contributed by atoms with Gasteiger partial charge in [-0.1, -0.05) is 0 Å². The lowest BCUT2D eigenvalue weighted by atomic mass is 10.1. The number of sulfonamides is 1. The number of aromatic nitrogens is 3. The predicted octanol–water partition coefficient (Wildman–Crippen LogP) is 3.08. The van der Waals surface area contributed by atoms with Crippen molar-refractivity contribution in [1.29, 1.82) is 5.26 Å². The van der Waals surface area contributed by atoms with Gasteiger partial charge in [0.05, 0.1) is 35.0 Å². The first-order chi connectivity index (χ1) is 14.0. The van der Waals surface area contributed by atoms with Crippen LogP contribution in [-0.4, -0.2) is 29.9 Å². The Kier molecular flexibility index (Phi) is 4.62. The first kappa shape index (κ1) is 18.5. The maximum absolute atomic E-state index is 12.8. The number of ether oxygens (including phenoxy) is 1. The molecule has 8 nitrogen and oxygen atoms in total. The van der Waals surface area contributed by atoms with Crippen molar-refractivity contribution in [3.8, 4) is 23.1 Å². The molecule has 0 fully saturated rings. The molecule has 1 N–H and O–H groups in total. The Morgan fingerprint density at radius 1 is 1.17 bits per heavy atom. The van der Waals surface area contributed by atoms with E-state index in [9.17, 15) is 8.42 Å². The van der Waals surface area contributed by atoms with E-state index in [0.29, 0.717) is 28.3 Å². The van der Waals surface area contributed by atoms with Crippen LogP contribution in [0.5, 0.6) is 5.75 Å². The molecular formula is C20H15N5O3S.